The van der Waals surface area contributed by atoms with Crippen LogP contribution < -0.4 is 5.73 Å². The lowest BCUT2D eigenvalue weighted by Gasteiger charge is -2.29. The summed E-state index contributed by atoms with van der Waals surface area (Å²) >= 11 is 0. The van der Waals surface area contributed by atoms with Crippen molar-refractivity contribution in [3.8, 4) is 0 Å². The van der Waals surface area contributed by atoms with Gasteiger partial charge in [0.05, 0.1) is 6.04 Å². The lowest BCUT2D eigenvalue weighted by Crippen LogP contribution is -2.37. The first-order chi connectivity index (χ1) is 9.18. The fourth-order valence-corrected chi connectivity index (χ4v) is 2.16. The lowest BCUT2D eigenvalue weighted by atomic mass is 9.98. The molecule has 3 heteroatoms. The first-order valence-corrected chi connectivity index (χ1v) is 6.34. The number of nitrogens with one attached hydrogen (secondary N) is 1. The van der Waals surface area contributed by atoms with Gasteiger partial charge in [0.1, 0.15) is 0 Å². The topological polar surface area (TPSA) is 53.1 Å². The van der Waals surface area contributed by atoms with Crippen molar-refractivity contribution < 1.29 is 0 Å². The van der Waals surface area contributed by atoms with Crippen molar-refractivity contribution >= 4 is 5.96 Å². The predicted octanol–water partition coefficient (Wildman–Crippen LogP) is 2.80. The van der Waals surface area contributed by atoms with Gasteiger partial charge < -0.3 is 10.6 Å². The molecule has 98 valence electrons. The van der Waals surface area contributed by atoms with Crippen LogP contribution in [-0.4, -0.2) is 17.9 Å². The Morgan fingerprint density at radius 3 is 2.11 bits per heavy atom. The molecule has 1 atom stereocenters. The summed E-state index contributed by atoms with van der Waals surface area (Å²) in [6, 6.07) is 20.5. The molecule has 0 saturated heterocycles. The van der Waals surface area contributed by atoms with Crippen LogP contribution in [0.15, 0.2) is 60.7 Å². The maximum absolute atomic E-state index is 7.65. The monoisotopic (exact) mass is 253 g/mol. The van der Waals surface area contributed by atoms with Crippen LogP contribution in [0.4, 0.5) is 0 Å². The average Bonchev–Trinajstić information content (AvgIpc) is 2.46. The number of hydrogen-bond donors (Lipinski definition) is 2. The number of likely N-dealkylation sites (N-methyl/N-ethyl adjacent to an activating group) is 1. The zero-order valence-electron chi connectivity index (χ0n) is 11.1. The van der Waals surface area contributed by atoms with Gasteiger partial charge in [-0.1, -0.05) is 60.7 Å². The van der Waals surface area contributed by atoms with Crippen molar-refractivity contribution in [3.63, 3.8) is 0 Å². The van der Waals surface area contributed by atoms with E-state index in [1.54, 1.807) is 0 Å². The van der Waals surface area contributed by atoms with Gasteiger partial charge in [-0.2, -0.15) is 0 Å². The second kappa shape index (κ2) is 6.05. The second-order valence-electron chi connectivity index (χ2n) is 4.61. The SMILES string of the molecule is CN(C(=N)N)C(Cc1ccccc1)c1ccccc1. The predicted molar refractivity (Wildman–Crippen MR) is 79.0 cm³/mol. The highest BCUT2D eigenvalue weighted by Gasteiger charge is 2.18. The molecule has 0 aliphatic carbocycles. The van der Waals surface area contributed by atoms with Gasteiger partial charge in [0.25, 0.3) is 0 Å². The van der Waals surface area contributed by atoms with Crippen molar-refractivity contribution in [2.45, 2.75) is 12.5 Å². The number of guanidine groups is 1. The quantitative estimate of drug-likeness (QED) is 0.650. The molecule has 3 N–H and O–H groups in total. The molecule has 0 radical (unpaired) electrons. The van der Waals surface area contributed by atoms with Crippen molar-refractivity contribution in [1.29, 1.82) is 5.41 Å². The third-order valence-corrected chi connectivity index (χ3v) is 3.30. The molecular weight excluding hydrogens is 234 g/mol. The first-order valence-electron chi connectivity index (χ1n) is 6.34. The molecule has 0 spiro atoms. The van der Waals surface area contributed by atoms with Crippen LogP contribution >= 0.6 is 0 Å². The van der Waals surface area contributed by atoms with Crippen LogP contribution in [0.5, 0.6) is 0 Å². The van der Waals surface area contributed by atoms with Crippen LogP contribution in [-0.2, 0) is 6.42 Å². The minimum atomic E-state index is 0.0844. The highest BCUT2D eigenvalue weighted by Crippen LogP contribution is 2.23. The van der Waals surface area contributed by atoms with Crippen molar-refractivity contribution in [1.82, 2.24) is 4.90 Å². The summed E-state index contributed by atoms with van der Waals surface area (Å²) in [6.45, 7) is 0. The van der Waals surface area contributed by atoms with E-state index >= 15 is 0 Å². The van der Waals surface area contributed by atoms with Gasteiger partial charge in [-0.25, -0.2) is 0 Å². The normalized spacial score (nSPS) is 11.8. The van der Waals surface area contributed by atoms with E-state index in [9.17, 15) is 0 Å². The lowest BCUT2D eigenvalue weighted by molar-refractivity contribution is 0.366. The first kappa shape index (κ1) is 13.1. The molecule has 0 heterocycles. The molecule has 0 aromatic heterocycles. The minimum absolute atomic E-state index is 0.0844. The van der Waals surface area contributed by atoms with Crippen molar-refractivity contribution in [3.05, 3.63) is 71.8 Å². The van der Waals surface area contributed by atoms with Crippen LogP contribution in [0.2, 0.25) is 0 Å². The van der Waals surface area contributed by atoms with E-state index in [4.69, 9.17) is 11.1 Å². The standard InChI is InChI=1S/C16H19N3/c1-19(16(17)18)15(14-10-6-3-7-11-14)12-13-8-4-2-5-9-13/h2-11,15H,12H2,1H3,(H3,17,18). The van der Waals surface area contributed by atoms with Crippen LogP contribution in [0.25, 0.3) is 0 Å². The number of nitrogens with zero attached hydrogens (tertiary/aromatic N) is 1. The fourth-order valence-electron chi connectivity index (χ4n) is 2.16. The van der Waals surface area contributed by atoms with Gasteiger partial charge in [-0.05, 0) is 17.5 Å². The van der Waals surface area contributed by atoms with E-state index in [0.717, 1.165) is 6.42 Å². The van der Waals surface area contributed by atoms with E-state index in [0.29, 0.717) is 0 Å². The Bertz CT molecular complexity index is 522. The van der Waals surface area contributed by atoms with Gasteiger partial charge in [-0.3, -0.25) is 5.41 Å². The Morgan fingerprint density at radius 1 is 1.05 bits per heavy atom. The molecule has 2 rings (SSSR count). The second-order valence-corrected chi connectivity index (χ2v) is 4.61. The van der Waals surface area contributed by atoms with E-state index < -0.39 is 0 Å². The zero-order chi connectivity index (χ0) is 13.7. The Kier molecular flexibility index (Phi) is 4.18. The average molecular weight is 253 g/mol. The summed E-state index contributed by atoms with van der Waals surface area (Å²) in [5.41, 5.74) is 8.05. The number of benzene rings is 2. The van der Waals surface area contributed by atoms with E-state index in [2.05, 4.69) is 24.3 Å². The van der Waals surface area contributed by atoms with Crippen LogP contribution in [0, 0.1) is 5.41 Å². The summed E-state index contributed by atoms with van der Waals surface area (Å²) in [5.74, 6) is 0.0878. The molecule has 0 fully saturated rings. The molecule has 3 nitrogen and oxygen atoms in total. The van der Waals surface area contributed by atoms with Gasteiger partial charge in [0, 0.05) is 7.05 Å². The minimum Gasteiger partial charge on any atom is -0.370 e. The van der Waals surface area contributed by atoms with Gasteiger partial charge >= 0.3 is 0 Å². The Labute approximate surface area is 114 Å². The third kappa shape index (κ3) is 3.35. The highest BCUT2D eigenvalue weighted by atomic mass is 15.2. The van der Waals surface area contributed by atoms with Crippen LogP contribution in [0.3, 0.4) is 0 Å². The summed E-state index contributed by atoms with van der Waals surface area (Å²) in [7, 11) is 1.86. The third-order valence-electron chi connectivity index (χ3n) is 3.30. The molecule has 0 aliphatic heterocycles. The van der Waals surface area contributed by atoms with Crippen LogP contribution in [0.1, 0.15) is 17.2 Å². The number of nitrogens with two attached hydrogens (primary N) is 1. The summed E-state index contributed by atoms with van der Waals surface area (Å²) in [4.78, 5) is 1.81. The molecule has 19 heavy (non-hydrogen) atoms. The molecule has 2 aromatic carbocycles. The highest BCUT2D eigenvalue weighted by molar-refractivity contribution is 5.74. The van der Waals surface area contributed by atoms with Gasteiger partial charge in [0.2, 0.25) is 0 Å². The Balaban J connectivity index is 2.27. The van der Waals surface area contributed by atoms with Crippen molar-refractivity contribution in [2.75, 3.05) is 7.05 Å². The zero-order valence-corrected chi connectivity index (χ0v) is 11.1. The van der Waals surface area contributed by atoms with E-state index in [-0.39, 0.29) is 12.0 Å². The van der Waals surface area contributed by atoms with Crippen molar-refractivity contribution in [2.24, 2.45) is 5.73 Å². The largest absolute Gasteiger partial charge is 0.370 e. The smallest absolute Gasteiger partial charge is 0.188 e. The number of rotatable bonds is 4. The molecule has 0 amide bonds. The molecule has 2 aromatic rings. The summed E-state index contributed by atoms with van der Waals surface area (Å²) < 4.78 is 0. The molecule has 0 saturated carbocycles. The van der Waals surface area contributed by atoms with Gasteiger partial charge in [0.15, 0.2) is 5.96 Å². The Morgan fingerprint density at radius 2 is 1.58 bits per heavy atom. The fraction of sp³-hybridized carbons (Fsp3) is 0.188. The van der Waals surface area contributed by atoms with E-state index in [1.165, 1.54) is 11.1 Å². The molecular formula is C16H19N3. The molecule has 0 bridgehead atoms. The summed E-state index contributed by atoms with van der Waals surface area (Å²) in [5, 5.41) is 7.65. The maximum Gasteiger partial charge on any atom is 0.188 e. The molecule has 1 unspecified atom stereocenters. The number of hydrogen-bond acceptors (Lipinski definition) is 1. The van der Waals surface area contributed by atoms with Gasteiger partial charge in [-0.15, -0.1) is 0 Å². The molecule has 0 aliphatic rings. The van der Waals surface area contributed by atoms with E-state index in [1.807, 2.05) is 48.3 Å². The summed E-state index contributed by atoms with van der Waals surface area (Å²) in [6.07, 6.45) is 0.834. The Hall–Kier alpha value is -2.29. The maximum atomic E-state index is 7.65.